The Hall–Kier alpha value is -1.16. The highest BCUT2D eigenvalue weighted by molar-refractivity contribution is 7.09. The summed E-state index contributed by atoms with van der Waals surface area (Å²) in [6, 6.07) is 13.5. The zero-order valence-corrected chi connectivity index (χ0v) is 14.1. The van der Waals surface area contributed by atoms with Crippen molar-refractivity contribution in [2.45, 2.75) is 32.2 Å². The predicted octanol–water partition coefficient (Wildman–Crippen LogP) is 4.05. The molecule has 1 aromatic heterocycles. The Bertz CT molecular complexity index is 517. The molecule has 0 aliphatic heterocycles. The number of rotatable bonds is 7. The van der Waals surface area contributed by atoms with Crippen LogP contribution in [0.4, 0.5) is 0 Å². The van der Waals surface area contributed by atoms with E-state index in [4.69, 9.17) is 5.73 Å². The molecule has 21 heavy (non-hydrogen) atoms. The van der Waals surface area contributed by atoms with Crippen LogP contribution in [0.5, 0.6) is 0 Å². The molecule has 0 fully saturated rings. The smallest absolute Gasteiger partial charge is 0.0467 e. The second-order valence-electron chi connectivity index (χ2n) is 5.88. The topological polar surface area (TPSA) is 29.3 Å². The lowest BCUT2D eigenvalue weighted by Crippen LogP contribution is -2.32. The Kier molecular flexibility index (Phi) is 5.97. The number of thiophene rings is 1. The summed E-state index contributed by atoms with van der Waals surface area (Å²) in [6.45, 7) is 6.14. The maximum atomic E-state index is 6.01. The normalized spacial score (nSPS) is 13.0. The second-order valence-corrected chi connectivity index (χ2v) is 6.92. The van der Waals surface area contributed by atoms with E-state index in [1.807, 2.05) is 11.3 Å². The van der Waals surface area contributed by atoms with Gasteiger partial charge in [-0.25, -0.2) is 0 Å². The van der Waals surface area contributed by atoms with Crippen molar-refractivity contribution in [3.8, 4) is 0 Å². The molecule has 1 aromatic carbocycles. The number of benzene rings is 1. The van der Waals surface area contributed by atoms with Crippen molar-refractivity contribution in [2.24, 2.45) is 5.73 Å². The Balaban J connectivity index is 2.00. The third-order valence-electron chi connectivity index (χ3n) is 4.03. The van der Waals surface area contributed by atoms with Gasteiger partial charge in [0.05, 0.1) is 0 Å². The minimum absolute atomic E-state index is 0.297. The molecule has 0 spiro atoms. The average Bonchev–Trinajstić information content (AvgIpc) is 3.00. The molecule has 114 valence electrons. The number of hydrogen-bond donors (Lipinski definition) is 1. The number of hydrogen-bond acceptors (Lipinski definition) is 3. The summed E-state index contributed by atoms with van der Waals surface area (Å²) in [5.41, 5.74) is 8.71. The van der Waals surface area contributed by atoms with E-state index in [1.165, 1.54) is 16.0 Å². The molecule has 2 aromatic rings. The Morgan fingerprint density at radius 3 is 2.29 bits per heavy atom. The van der Waals surface area contributed by atoms with E-state index in [0.717, 1.165) is 13.0 Å². The van der Waals surface area contributed by atoms with Crippen LogP contribution in [-0.2, 0) is 6.42 Å². The van der Waals surface area contributed by atoms with Crippen molar-refractivity contribution in [3.63, 3.8) is 0 Å². The fraction of sp³-hybridized carbons (Fsp3) is 0.444. The highest BCUT2D eigenvalue weighted by atomic mass is 32.1. The Morgan fingerprint density at radius 2 is 1.76 bits per heavy atom. The Morgan fingerprint density at radius 1 is 1.10 bits per heavy atom. The van der Waals surface area contributed by atoms with Gasteiger partial charge in [0.2, 0.25) is 0 Å². The molecule has 0 aliphatic carbocycles. The van der Waals surface area contributed by atoms with Crippen LogP contribution in [0, 0.1) is 0 Å². The van der Waals surface area contributed by atoms with Gasteiger partial charge >= 0.3 is 0 Å². The van der Waals surface area contributed by atoms with Gasteiger partial charge in [-0.3, -0.25) is 4.90 Å². The molecule has 1 heterocycles. The zero-order chi connectivity index (χ0) is 15.2. The van der Waals surface area contributed by atoms with Crippen molar-refractivity contribution < 1.29 is 0 Å². The van der Waals surface area contributed by atoms with Crippen LogP contribution >= 0.6 is 11.3 Å². The zero-order valence-electron chi connectivity index (χ0n) is 13.3. The average molecular weight is 302 g/mol. The van der Waals surface area contributed by atoms with Gasteiger partial charge in [0.1, 0.15) is 0 Å². The highest BCUT2D eigenvalue weighted by Crippen LogP contribution is 2.22. The first kappa shape index (κ1) is 16.2. The second kappa shape index (κ2) is 7.74. The van der Waals surface area contributed by atoms with Gasteiger partial charge in [-0.05, 0) is 42.0 Å². The maximum Gasteiger partial charge on any atom is 0.0467 e. The summed E-state index contributed by atoms with van der Waals surface area (Å²) < 4.78 is 0. The summed E-state index contributed by atoms with van der Waals surface area (Å²) in [7, 11) is 2.17. The molecule has 0 radical (unpaired) electrons. The fourth-order valence-corrected chi connectivity index (χ4v) is 3.27. The van der Waals surface area contributed by atoms with Crippen molar-refractivity contribution in [3.05, 3.63) is 57.8 Å². The first-order chi connectivity index (χ1) is 10.1. The van der Waals surface area contributed by atoms with Crippen LogP contribution in [0.3, 0.4) is 0 Å². The molecule has 0 bridgehead atoms. The maximum absolute atomic E-state index is 6.01. The molecule has 1 atom stereocenters. The first-order valence-electron chi connectivity index (χ1n) is 7.64. The molecule has 0 aliphatic rings. The lowest BCUT2D eigenvalue weighted by atomic mass is 9.98. The lowest BCUT2D eigenvalue weighted by Gasteiger charge is -2.27. The molecule has 1 unspecified atom stereocenters. The van der Waals surface area contributed by atoms with Gasteiger partial charge in [-0.2, -0.15) is 0 Å². The molecular formula is C18H26N2S. The first-order valence-corrected chi connectivity index (χ1v) is 8.52. The lowest BCUT2D eigenvalue weighted by molar-refractivity contribution is 0.254. The largest absolute Gasteiger partial charge is 0.329 e. The molecule has 2 nitrogen and oxygen atoms in total. The van der Waals surface area contributed by atoms with Crippen LogP contribution in [-0.4, -0.2) is 25.0 Å². The van der Waals surface area contributed by atoms with Crippen LogP contribution in [0.1, 0.15) is 41.8 Å². The molecule has 2 N–H and O–H groups in total. The predicted molar refractivity (Wildman–Crippen MR) is 93.0 cm³/mol. The minimum Gasteiger partial charge on any atom is -0.329 e. The van der Waals surface area contributed by atoms with Gasteiger partial charge < -0.3 is 5.73 Å². The van der Waals surface area contributed by atoms with Crippen LogP contribution in [0.15, 0.2) is 41.8 Å². The van der Waals surface area contributed by atoms with Gasteiger partial charge in [0.15, 0.2) is 0 Å². The standard InChI is InChI=1S/C18H26N2S/c1-14(2)15-6-8-16(9-7-15)18(13-19)20(3)11-10-17-5-4-12-21-17/h4-9,12,14,18H,10-11,13,19H2,1-3H3. The molecule has 0 amide bonds. The minimum atomic E-state index is 0.297. The summed E-state index contributed by atoms with van der Waals surface area (Å²) in [5, 5.41) is 2.14. The highest BCUT2D eigenvalue weighted by Gasteiger charge is 2.15. The van der Waals surface area contributed by atoms with Gasteiger partial charge in [0, 0.05) is 24.0 Å². The van der Waals surface area contributed by atoms with Crippen molar-refractivity contribution >= 4 is 11.3 Å². The quantitative estimate of drug-likeness (QED) is 0.836. The SMILES string of the molecule is CC(C)c1ccc(C(CN)N(C)CCc2cccs2)cc1. The van der Waals surface area contributed by atoms with Gasteiger partial charge in [-0.15, -0.1) is 11.3 Å². The number of nitrogens with zero attached hydrogens (tertiary/aromatic N) is 1. The van der Waals surface area contributed by atoms with Crippen molar-refractivity contribution in [2.75, 3.05) is 20.1 Å². The molecule has 2 rings (SSSR count). The van der Waals surface area contributed by atoms with E-state index >= 15 is 0 Å². The molecular weight excluding hydrogens is 276 g/mol. The van der Waals surface area contributed by atoms with Crippen molar-refractivity contribution in [1.29, 1.82) is 0 Å². The van der Waals surface area contributed by atoms with E-state index in [1.54, 1.807) is 0 Å². The van der Waals surface area contributed by atoms with Crippen LogP contribution in [0.25, 0.3) is 0 Å². The van der Waals surface area contributed by atoms with Gasteiger partial charge in [-0.1, -0.05) is 44.2 Å². The number of nitrogens with two attached hydrogens (primary N) is 1. The van der Waals surface area contributed by atoms with Gasteiger partial charge in [0.25, 0.3) is 0 Å². The van der Waals surface area contributed by atoms with E-state index in [2.05, 4.69) is 67.6 Å². The van der Waals surface area contributed by atoms with E-state index in [9.17, 15) is 0 Å². The van der Waals surface area contributed by atoms with E-state index < -0.39 is 0 Å². The summed E-state index contributed by atoms with van der Waals surface area (Å²) >= 11 is 1.83. The monoisotopic (exact) mass is 302 g/mol. The molecule has 0 saturated carbocycles. The third-order valence-corrected chi connectivity index (χ3v) is 4.97. The van der Waals surface area contributed by atoms with Crippen molar-refractivity contribution in [1.82, 2.24) is 4.90 Å². The summed E-state index contributed by atoms with van der Waals surface area (Å²) in [6.07, 6.45) is 1.09. The van der Waals surface area contributed by atoms with Crippen LogP contribution < -0.4 is 5.73 Å². The van der Waals surface area contributed by atoms with E-state index in [0.29, 0.717) is 18.5 Å². The third kappa shape index (κ3) is 4.40. The molecule has 3 heteroatoms. The van der Waals surface area contributed by atoms with Crippen LogP contribution in [0.2, 0.25) is 0 Å². The summed E-state index contributed by atoms with van der Waals surface area (Å²) in [4.78, 5) is 3.80. The number of likely N-dealkylation sites (N-methyl/N-ethyl adjacent to an activating group) is 1. The fourth-order valence-electron chi connectivity index (χ4n) is 2.57. The van der Waals surface area contributed by atoms with E-state index in [-0.39, 0.29) is 0 Å². The molecule has 0 saturated heterocycles. The Labute approximate surface area is 132 Å². The summed E-state index contributed by atoms with van der Waals surface area (Å²) in [5.74, 6) is 0.576.